The predicted molar refractivity (Wildman–Crippen MR) is 140 cm³/mol. The highest BCUT2D eigenvalue weighted by molar-refractivity contribution is 6.32. The molecular weight excluding hydrogens is 450 g/mol. The number of nitrogens with zero attached hydrogens (tertiary/aromatic N) is 1. The number of carbonyl (C=O) groups excluding carboxylic acids is 2. The van der Waals surface area contributed by atoms with Crippen molar-refractivity contribution in [2.75, 3.05) is 12.0 Å². The fourth-order valence-corrected chi connectivity index (χ4v) is 4.39. The van der Waals surface area contributed by atoms with Gasteiger partial charge in [-0.25, -0.2) is 0 Å². The fraction of sp³-hybridized carbons (Fsp3) is 0.0968. The van der Waals surface area contributed by atoms with Gasteiger partial charge in [0.15, 0.2) is 5.78 Å². The van der Waals surface area contributed by atoms with Gasteiger partial charge in [0, 0.05) is 16.8 Å². The summed E-state index contributed by atoms with van der Waals surface area (Å²) in [7, 11) is 1.60. The van der Waals surface area contributed by atoms with E-state index in [2.05, 4.69) is 0 Å². The van der Waals surface area contributed by atoms with Gasteiger partial charge in [0.25, 0.3) is 5.91 Å². The molecule has 5 nitrogen and oxygen atoms in total. The Labute approximate surface area is 210 Å². The van der Waals surface area contributed by atoms with Gasteiger partial charge in [-0.2, -0.15) is 0 Å². The van der Waals surface area contributed by atoms with Crippen molar-refractivity contribution in [2.45, 2.75) is 13.2 Å². The van der Waals surface area contributed by atoms with E-state index in [1.54, 1.807) is 36.3 Å². The summed E-state index contributed by atoms with van der Waals surface area (Å²) in [4.78, 5) is 27.9. The summed E-state index contributed by atoms with van der Waals surface area (Å²) in [5.74, 6) is 0.855. The molecule has 178 valence electrons. The van der Waals surface area contributed by atoms with E-state index >= 15 is 0 Å². The molecule has 5 heteroatoms. The Morgan fingerprint density at radius 3 is 1.97 bits per heavy atom. The zero-order chi connectivity index (χ0) is 25.1. The second-order valence-electron chi connectivity index (χ2n) is 8.43. The van der Waals surface area contributed by atoms with Gasteiger partial charge in [0.1, 0.15) is 11.5 Å². The molecule has 36 heavy (non-hydrogen) atoms. The van der Waals surface area contributed by atoms with Crippen molar-refractivity contribution in [3.05, 3.63) is 131 Å². The maximum absolute atomic E-state index is 14.4. The lowest BCUT2D eigenvalue weighted by atomic mass is 9.96. The van der Waals surface area contributed by atoms with Crippen molar-refractivity contribution >= 4 is 28.7 Å². The lowest BCUT2D eigenvalue weighted by Crippen LogP contribution is -2.41. The van der Waals surface area contributed by atoms with Crippen LogP contribution in [0, 0.1) is 0 Å². The average molecular weight is 476 g/mol. The molecule has 0 unspecified atom stereocenters. The number of anilines is 1. The van der Waals surface area contributed by atoms with Gasteiger partial charge < -0.3 is 9.47 Å². The van der Waals surface area contributed by atoms with Gasteiger partial charge in [0.2, 0.25) is 6.23 Å². The molecule has 1 heterocycles. The zero-order valence-electron chi connectivity index (χ0n) is 20.0. The minimum atomic E-state index is -0.792. The number of hydrogen-bond acceptors (Lipinski definition) is 4. The molecule has 1 amide bonds. The minimum Gasteiger partial charge on any atom is -0.496 e. The normalized spacial score (nSPS) is 15.4. The smallest absolute Gasteiger partial charge is 0.265 e. The Morgan fingerprint density at radius 2 is 1.36 bits per heavy atom. The Balaban J connectivity index is 1.75. The number of ketones is 1. The van der Waals surface area contributed by atoms with Crippen molar-refractivity contribution in [1.29, 1.82) is 0 Å². The van der Waals surface area contributed by atoms with Gasteiger partial charge in [-0.05, 0) is 48.9 Å². The van der Waals surface area contributed by atoms with E-state index in [0.29, 0.717) is 33.9 Å². The third-order valence-corrected chi connectivity index (χ3v) is 6.18. The number of ether oxygens (including phenoxy) is 2. The largest absolute Gasteiger partial charge is 0.496 e. The third-order valence-electron chi connectivity index (χ3n) is 6.18. The molecular formula is C31H25NO4. The third kappa shape index (κ3) is 4.27. The fourth-order valence-electron chi connectivity index (χ4n) is 4.39. The quantitative estimate of drug-likeness (QED) is 0.298. The molecule has 0 radical (unpaired) electrons. The summed E-state index contributed by atoms with van der Waals surface area (Å²) in [6, 6.07) is 33.7. The number of methoxy groups -OCH3 is 1. The zero-order valence-corrected chi connectivity index (χ0v) is 20.0. The second-order valence-corrected chi connectivity index (χ2v) is 8.43. The van der Waals surface area contributed by atoms with Crippen molar-refractivity contribution in [3.63, 3.8) is 0 Å². The van der Waals surface area contributed by atoms with Crippen LogP contribution in [0.15, 0.2) is 109 Å². The Morgan fingerprint density at radius 1 is 0.778 bits per heavy atom. The highest BCUT2D eigenvalue weighted by Gasteiger charge is 2.40. The van der Waals surface area contributed by atoms with Gasteiger partial charge >= 0.3 is 0 Å². The Hall–Kier alpha value is -4.64. The molecule has 0 aliphatic carbocycles. The molecule has 0 saturated carbocycles. The molecule has 1 aliphatic rings. The number of Topliss-reactive ketones (excluding diaryl/α,β-unsaturated/α-hetero) is 1. The SMILES string of the molecule is COc1ccccc1[C@@H]1OC(c2ccccc2)=C(c2ccccc2)C(=O)N1c1ccc(C(C)=O)cc1. The maximum atomic E-state index is 14.4. The molecule has 0 aromatic heterocycles. The molecule has 0 fully saturated rings. The lowest BCUT2D eigenvalue weighted by Gasteiger charge is -2.39. The number of hydrogen-bond donors (Lipinski definition) is 0. The van der Waals surface area contributed by atoms with E-state index in [1.165, 1.54) is 6.92 Å². The highest BCUT2D eigenvalue weighted by Crippen LogP contribution is 2.44. The molecule has 0 saturated heterocycles. The molecule has 1 aliphatic heterocycles. The first-order valence-corrected chi connectivity index (χ1v) is 11.7. The van der Waals surface area contributed by atoms with E-state index in [-0.39, 0.29) is 11.7 Å². The Kier molecular flexibility index (Phi) is 6.37. The lowest BCUT2D eigenvalue weighted by molar-refractivity contribution is -0.116. The summed E-state index contributed by atoms with van der Waals surface area (Å²) in [6.07, 6.45) is -0.792. The van der Waals surface area contributed by atoms with Gasteiger partial charge in [0.05, 0.1) is 18.2 Å². The van der Waals surface area contributed by atoms with Crippen molar-refractivity contribution in [1.82, 2.24) is 0 Å². The van der Waals surface area contributed by atoms with Gasteiger partial charge in [-0.1, -0.05) is 72.8 Å². The molecule has 4 aromatic rings. The van der Waals surface area contributed by atoms with Crippen LogP contribution in [0.5, 0.6) is 5.75 Å². The summed E-state index contributed by atoms with van der Waals surface area (Å²) in [5, 5.41) is 0. The number of benzene rings is 4. The molecule has 0 bridgehead atoms. The van der Waals surface area contributed by atoms with Crippen molar-refractivity contribution in [3.8, 4) is 5.75 Å². The van der Waals surface area contributed by atoms with Crippen LogP contribution in [0.3, 0.4) is 0 Å². The molecule has 5 rings (SSSR count). The maximum Gasteiger partial charge on any atom is 0.265 e. The molecule has 4 aromatic carbocycles. The predicted octanol–water partition coefficient (Wildman–Crippen LogP) is 6.53. The van der Waals surface area contributed by atoms with Gasteiger partial charge in [-0.15, -0.1) is 0 Å². The monoisotopic (exact) mass is 475 g/mol. The summed E-state index contributed by atoms with van der Waals surface area (Å²) < 4.78 is 12.4. The summed E-state index contributed by atoms with van der Waals surface area (Å²) in [6.45, 7) is 1.52. The minimum absolute atomic E-state index is 0.0414. The number of rotatable bonds is 6. The summed E-state index contributed by atoms with van der Waals surface area (Å²) in [5.41, 5.74) is 3.91. The topological polar surface area (TPSA) is 55.8 Å². The van der Waals surface area contributed by atoms with Crippen LogP contribution >= 0.6 is 0 Å². The van der Waals surface area contributed by atoms with E-state index < -0.39 is 6.23 Å². The standard InChI is InChI=1S/C31H25NO4/c1-21(33)22-17-19-25(20-18-22)32-30(34)28(23-11-5-3-6-12-23)29(24-13-7-4-8-14-24)36-31(32)26-15-9-10-16-27(26)35-2/h3-20,31H,1-2H3/t31-/m0/s1. The number of carbonyl (C=O) groups is 2. The van der Waals surface area contributed by atoms with Crippen LogP contribution in [0.1, 0.15) is 40.2 Å². The first kappa shape index (κ1) is 23.1. The van der Waals surface area contributed by atoms with E-state index in [1.807, 2.05) is 84.9 Å². The molecule has 0 spiro atoms. The first-order valence-electron chi connectivity index (χ1n) is 11.7. The highest BCUT2D eigenvalue weighted by atomic mass is 16.5. The van der Waals surface area contributed by atoms with E-state index in [4.69, 9.17) is 9.47 Å². The van der Waals surface area contributed by atoms with Crippen molar-refractivity contribution < 1.29 is 19.1 Å². The second kappa shape index (κ2) is 9.92. The van der Waals surface area contributed by atoms with Crippen LogP contribution in [-0.4, -0.2) is 18.8 Å². The summed E-state index contributed by atoms with van der Waals surface area (Å²) >= 11 is 0. The average Bonchev–Trinajstić information content (AvgIpc) is 2.93. The Bertz CT molecular complexity index is 1430. The van der Waals surface area contributed by atoms with Crippen LogP contribution in [0.25, 0.3) is 11.3 Å². The molecule has 0 N–H and O–H groups in total. The number of para-hydroxylation sites is 1. The van der Waals surface area contributed by atoms with Crippen molar-refractivity contribution in [2.24, 2.45) is 0 Å². The first-order chi connectivity index (χ1) is 17.6. The van der Waals surface area contributed by atoms with E-state index in [9.17, 15) is 9.59 Å². The van der Waals surface area contributed by atoms with Gasteiger partial charge in [-0.3, -0.25) is 14.5 Å². The van der Waals surface area contributed by atoms with Crippen LogP contribution in [-0.2, 0) is 9.53 Å². The van der Waals surface area contributed by atoms with Crippen LogP contribution in [0.4, 0.5) is 5.69 Å². The number of amides is 1. The van der Waals surface area contributed by atoms with E-state index in [0.717, 1.165) is 11.1 Å². The van der Waals surface area contributed by atoms with Crippen LogP contribution in [0.2, 0.25) is 0 Å². The van der Waals surface area contributed by atoms with Crippen LogP contribution < -0.4 is 9.64 Å². The molecule has 1 atom stereocenters.